The average Bonchev–Trinajstić information content (AvgIpc) is 2.45. The number of carbonyl (C=O) groups is 1. The Hall–Kier alpha value is -0.900. The van der Waals surface area contributed by atoms with Crippen LogP contribution in [-0.2, 0) is 11.2 Å². The van der Waals surface area contributed by atoms with E-state index >= 15 is 0 Å². The Morgan fingerprint density at radius 2 is 1.90 bits per heavy atom. The SMILES string of the molecule is CCCC(CCC)C(Br)c1cc2c(cc1F)NC(=O)CC2. The van der Waals surface area contributed by atoms with Crippen molar-refractivity contribution < 1.29 is 9.18 Å². The molecule has 0 aromatic heterocycles. The van der Waals surface area contributed by atoms with Crippen molar-refractivity contribution in [2.75, 3.05) is 5.32 Å². The second kappa shape index (κ2) is 7.39. The summed E-state index contributed by atoms with van der Waals surface area (Å²) in [6.45, 7) is 4.34. The van der Waals surface area contributed by atoms with E-state index in [9.17, 15) is 9.18 Å². The van der Waals surface area contributed by atoms with Crippen LogP contribution in [0.1, 0.15) is 61.9 Å². The maximum Gasteiger partial charge on any atom is 0.224 e. The first-order valence-electron chi connectivity index (χ1n) is 7.83. The van der Waals surface area contributed by atoms with E-state index in [1.807, 2.05) is 6.07 Å². The number of hydrogen-bond donors (Lipinski definition) is 1. The number of amides is 1. The van der Waals surface area contributed by atoms with Gasteiger partial charge in [0.15, 0.2) is 0 Å². The van der Waals surface area contributed by atoms with E-state index in [0.29, 0.717) is 24.4 Å². The molecule has 1 aliphatic heterocycles. The second-order valence-electron chi connectivity index (χ2n) is 5.82. The van der Waals surface area contributed by atoms with Crippen LogP contribution in [0.5, 0.6) is 0 Å². The van der Waals surface area contributed by atoms with E-state index in [0.717, 1.165) is 36.8 Å². The van der Waals surface area contributed by atoms with Crippen molar-refractivity contribution in [2.24, 2.45) is 5.92 Å². The van der Waals surface area contributed by atoms with Gasteiger partial charge in [0, 0.05) is 22.5 Å². The van der Waals surface area contributed by atoms with Crippen LogP contribution in [0.15, 0.2) is 12.1 Å². The lowest BCUT2D eigenvalue weighted by molar-refractivity contribution is -0.116. The van der Waals surface area contributed by atoms with Crippen molar-refractivity contribution in [1.29, 1.82) is 0 Å². The largest absolute Gasteiger partial charge is 0.326 e. The van der Waals surface area contributed by atoms with Crippen LogP contribution in [0.3, 0.4) is 0 Å². The molecule has 1 N–H and O–H groups in total. The van der Waals surface area contributed by atoms with Gasteiger partial charge in [0.2, 0.25) is 5.91 Å². The van der Waals surface area contributed by atoms with E-state index < -0.39 is 0 Å². The molecule has 2 nitrogen and oxygen atoms in total. The minimum atomic E-state index is -0.227. The van der Waals surface area contributed by atoms with Gasteiger partial charge in [0.25, 0.3) is 0 Å². The summed E-state index contributed by atoms with van der Waals surface area (Å²) in [5.74, 6) is 0.195. The highest BCUT2D eigenvalue weighted by Gasteiger charge is 2.25. The number of hydrogen-bond acceptors (Lipinski definition) is 1. The zero-order valence-corrected chi connectivity index (χ0v) is 14.3. The van der Waals surface area contributed by atoms with Crippen molar-refractivity contribution in [3.63, 3.8) is 0 Å². The molecule has 0 saturated heterocycles. The number of nitrogens with one attached hydrogen (secondary N) is 1. The van der Waals surface area contributed by atoms with Gasteiger partial charge in [-0.05, 0) is 42.9 Å². The number of fused-ring (bicyclic) bond motifs is 1. The molecule has 0 radical (unpaired) electrons. The standard InChI is InChI=1S/C17H23BrFNO/c1-3-5-11(6-4-2)17(18)13-9-12-7-8-16(21)20-15(12)10-14(13)19/h9-11,17H,3-8H2,1-2H3,(H,20,21). The van der Waals surface area contributed by atoms with Gasteiger partial charge in [-0.1, -0.05) is 42.6 Å². The van der Waals surface area contributed by atoms with Gasteiger partial charge in [-0.2, -0.15) is 0 Å². The van der Waals surface area contributed by atoms with E-state index in [1.165, 1.54) is 6.07 Å². The third kappa shape index (κ3) is 3.85. The predicted octanol–water partition coefficient (Wildman–Crippen LogP) is 5.36. The van der Waals surface area contributed by atoms with Crippen LogP contribution >= 0.6 is 15.9 Å². The first kappa shape index (κ1) is 16.5. The summed E-state index contributed by atoms with van der Waals surface area (Å²) in [5, 5.41) is 2.75. The molecule has 1 amide bonds. The molecule has 1 heterocycles. The molecule has 116 valence electrons. The van der Waals surface area contributed by atoms with Crippen molar-refractivity contribution in [2.45, 2.75) is 57.2 Å². The van der Waals surface area contributed by atoms with Gasteiger partial charge in [0.1, 0.15) is 5.82 Å². The summed E-state index contributed by atoms with van der Waals surface area (Å²) in [5.41, 5.74) is 2.41. The smallest absolute Gasteiger partial charge is 0.224 e. The molecule has 1 aromatic carbocycles. The summed E-state index contributed by atoms with van der Waals surface area (Å²) in [6.07, 6.45) is 5.58. The molecule has 21 heavy (non-hydrogen) atoms. The third-order valence-electron chi connectivity index (χ3n) is 4.15. The fourth-order valence-corrected chi connectivity index (χ4v) is 3.94. The zero-order valence-electron chi connectivity index (χ0n) is 12.7. The lowest BCUT2D eigenvalue weighted by atomic mass is 9.89. The van der Waals surface area contributed by atoms with Crippen molar-refractivity contribution in [3.8, 4) is 0 Å². The van der Waals surface area contributed by atoms with Crippen LogP contribution < -0.4 is 5.32 Å². The zero-order chi connectivity index (χ0) is 15.4. The molecule has 0 saturated carbocycles. The first-order chi connectivity index (χ1) is 10.1. The molecule has 1 unspecified atom stereocenters. The lowest BCUT2D eigenvalue weighted by Gasteiger charge is -2.25. The second-order valence-corrected chi connectivity index (χ2v) is 6.80. The average molecular weight is 356 g/mol. The van der Waals surface area contributed by atoms with Gasteiger partial charge < -0.3 is 5.32 Å². The highest BCUT2D eigenvalue weighted by Crippen LogP contribution is 2.40. The number of alkyl halides is 1. The van der Waals surface area contributed by atoms with E-state index in [-0.39, 0.29) is 16.6 Å². The number of halogens is 2. The molecule has 0 bridgehead atoms. The van der Waals surface area contributed by atoms with Gasteiger partial charge in [-0.3, -0.25) is 4.79 Å². The first-order valence-corrected chi connectivity index (χ1v) is 8.74. The normalized spacial score (nSPS) is 15.8. The van der Waals surface area contributed by atoms with Crippen molar-refractivity contribution >= 4 is 27.5 Å². The summed E-state index contributed by atoms with van der Waals surface area (Å²) in [6, 6.07) is 3.41. The van der Waals surface area contributed by atoms with Gasteiger partial charge in [0.05, 0.1) is 0 Å². The van der Waals surface area contributed by atoms with Gasteiger partial charge >= 0.3 is 0 Å². The Balaban J connectivity index is 2.28. The quantitative estimate of drug-likeness (QED) is 0.683. The Morgan fingerprint density at radius 3 is 2.52 bits per heavy atom. The minimum Gasteiger partial charge on any atom is -0.326 e. The van der Waals surface area contributed by atoms with E-state index in [1.54, 1.807) is 0 Å². The highest BCUT2D eigenvalue weighted by atomic mass is 79.9. The van der Waals surface area contributed by atoms with Crippen LogP contribution in [-0.4, -0.2) is 5.91 Å². The molecule has 2 rings (SSSR count). The maximum absolute atomic E-state index is 14.4. The molecular weight excluding hydrogens is 333 g/mol. The Bertz CT molecular complexity index is 512. The van der Waals surface area contributed by atoms with Gasteiger partial charge in [-0.15, -0.1) is 0 Å². The third-order valence-corrected chi connectivity index (χ3v) is 5.39. The Kier molecular flexibility index (Phi) is 5.80. The molecule has 1 atom stereocenters. The van der Waals surface area contributed by atoms with Crippen molar-refractivity contribution in [3.05, 3.63) is 29.1 Å². The molecule has 0 aliphatic carbocycles. The van der Waals surface area contributed by atoms with Crippen LogP contribution in [0.2, 0.25) is 0 Å². The monoisotopic (exact) mass is 355 g/mol. The van der Waals surface area contributed by atoms with Gasteiger partial charge in [-0.25, -0.2) is 4.39 Å². The fourth-order valence-electron chi connectivity index (χ4n) is 3.07. The topological polar surface area (TPSA) is 29.1 Å². The Morgan fingerprint density at radius 1 is 1.24 bits per heavy atom. The summed E-state index contributed by atoms with van der Waals surface area (Å²) < 4.78 is 14.4. The van der Waals surface area contributed by atoms with Crippen LogP contribution in [0.25, 0.3) is 0 Å². The van der Waals surface area contributed by atoms with Crippen LogP contribution in [0, 0.1) is 11.7 Å². The number of anilines is 1. The van der Waals surface area contributed by atoms with E-state index in [2.05, 4.69) is 35.1 Å². The van der Waals surface area contributed by atoms with E-state index in [4.69, 9.17) is 0 Å². The minimum absolute atomic E-state index is 0.0279. The lowest BCUT2D eigenvalue weighted by Crippen LogP contribution is -2.20. The molecule has 1 aliphatic rings. The number of aryl methyl sites for hydroxylation is 1. The van der Waals surface area contributed by atoms with Crippen LogP contribution in [0.4, 0.5) is 10.1 Å². The number of carbonyl (C=O) groups excluding carboxylic acids is 1. The molecular formula is C17H23BrFNO. The van der Waals surface area contributed by atoms with Crippen molar-refractivity contribution in [1.82, 2.24) is 0 Å². The summed E-state index contributed by atoms with van der Waals surface area (Å²) in [4.78, 5) is 11.4. The molecule has 4 heteroatoms. The molecule has 0 spiro atoms. The molecule has 1 aromatic rings. The fraction of sp³-hybridized carbons (Fsp3) is 0.588. The Labute approximate surface area is 134 Å². The maximum atomic E-state index is 14.4. The predicted molar refractivity (Wildman–Crippen MR) is 88.3 cm³/mol. The highest BCUT2D eigenvalue weighted by molar-refractivity contribution is 9.09. The molecule has 0 fully saturated rings. The summed E-state index contributed by atoms with van der Waals surface area (Å²) in [7, 11) is 0. The summed E-state index contributed by atoms with van der Waals surface area (Å²) >= 11 is 3.72. The number of benzene rings is 1. The number of rotatable bonds is 6.